The number of halogens is 1. The summed E-state index contributed by atoms with van der Waals surface area (Å²) in [6, 6.07) is 7.54. The number of carbonyl (C=O) groups excluding carboxylic acids is 2. The van der Waals surface area contributed by atoms with Crippen LogP contribution in [0.4, 0.5) is 0 Å². The number of hydrogen-bond donors (Lipinski definition) is 3. The van der Waals surface area contributed by atoms with Crippen molar-refractivity contribution in [2.24, 2.45) is 5.73 Å². The lowest BCUT2D eigenvalue weighted by Crippen LogP contribution is -2.33. The molecular weight excluding hydrogens is 302 g/mol. The first kappa shape index (κ1) is 20.4. The van der Waals surface area contributed by atoms with Gasteiger partial charge in [-0.2, -0.15) is 0 Å². The van der Waals surface area contributed by atoms with Crippen LogP contribution in [-0.4, -0.2) is 24.9 Å². The molecule has 6 heteroatoms. The maximum absolute atomic E-state index is 11.9. The zero-order valence-corrected chi connectivity index (χ0v) is 14.0. The lowest BCUT2D eigenvalue weighted by Gasteiger charge is -2.18. The Balaban J connectivity index is 0.00000441. The van der Waals surface area contributed by atoms with E-state index in [2.05, 4.69) is 10.6 Å². The van der Waals surface area contributed by atoms with E-state index in [1.165, 1.54) is 6.92 Å². The van der Waals surface area contributed by atoms with Crippen LogP contribution in [0.15, 0.2) is 24.3 Å². The second-order valence-corrected chi connectivity index (χ2v) is 5.21. The molecule has 0 bridgehead atoms. The molecule has 0 saturated heterocycles. The van der Waals surface area contributed by atoms with Crippen molar-refractivity contribution in [2.75, 3.05) is 13.1 Å². The van der Waals surface area contributed by atoms with E-state index in [0.717, 1.165) is 24.0 Å². The zero-order chi connectivity index (χ0) is 15.7. The van der Waals surface area contributed by atoms with Gasteiger partial charge >= 0.3 is 0 Å². The number of nitrogens with one attached hydrogen (secondary N) is 2. The van der Waals surface area contributed by atoms with E-state index in [1.54, 1.807) is 0 Å². The molecule has 0 aliphatic heterocycles. The molecule has 0 aromatic heterocycles. The predicted molar refractivity (Wildman–Crippen MR) is 90.9 cm³/mol. The number of amides is 2. The highest BCUT2D eigenvalue weighted by Gasteiger charge is 2.16. The Kier molecular flexibility index (Phi) is 10.2. The fraction of sp³-hybridized carbons (Fsp3) is 0.500. The molecule has 2 amide bonds. The van der Waals surface area contributed by atoms with Crippen LogP contribution in [0.2, 0.25) is 0 Å². The minimum atomic E-state index is -0.294. The molecule has 5 nitrogen and oxygen atoms in total. The van der Waals surface area contributed by atoms with Gasteiger partial charge in [0.1, 0.15) is 0 Å². The SMILES string of the molecule is CC(=O)NC(CC(=O)NCCCCN)c1ccc(C)cc1.Cl. The van der Waals surface area contributed by atoms with Gasteiger partial charge in [-0.15, -0.1) is 12.4 Å². The Morgan fingerprint density at radius 2 is 1.82 bits per heavy atom. The van der Waals surface area contributed by atoms with Gasteiger partial charge in [-0.25, -0.2) is 0 Å². The number of nitrogens with two attached hydrogens (primary N) is 1. The second kappa shape index (κ2) is 11.0. The number of rotatable bonds is 8. The number of carbonyl (C=O) groups is 2. The monoisotopic (exact) mass is 327 g/mol. The first-order valence-corrected chi connectivity index (χ1v) is 7.33. The van der Waals surface area contributed by atoms with Crippen LogP contribution in [-0.2, 0) is 9.59 Å². The van der Waals surface area contributed by atoms with E-state index in [0.29, 0.717) is 13.1 Å². The average molecular weight is 328 g/mol. The van der Waals surface area contributed by atoms with Gasteiger partial charge in [0.15, 0.2) is 0 Å². The number of aryl methyl sites for hydroxylation is 1. The Bertz CT molecular complexity index is 463. The maximum Gasteiger partial charge on any atom is 0.222 e. The molecule has 1 atom stereocenters. The minimum absolute atomic E-state index is 0. The molecule has 4 N–H and O–H groups in total. The van der Waals surface area contributed by atoms with E-state index >= 15 is 0 Å². The molecule has 0 fully saturated rings. The maximum atomic E-state index is 11.9. The molecule has 124 valence electrons. The van der Waals surface area contributed by atoms with Crippen LogP contribution < -0.4 is 16.4 Å². The first-order chi connectivity index (χ1) is 10.0. The van der Waals surface area contributed by atoms with Gasteiger partial charge in [-0.1, -0.05) is 29.8 Å². The molecule has 22 heavy (non-hydrogen) atoms. The highest BCUT2D eigenvalue weighted by atomic mass is 35.5. The smallest absolute Gasteiger partial charge is 0.222 e. The summed E-state index contributed by atoms with van der Waals surface area (Å²) in [7, 11) is 0. The minimum Gasteiger partial charge on any atom is -0.356 e. The van der Waals surface area contributed by atoms with Crippen molar-refractivity contribution in [3.05, 3.63) is 35.4 Å². The van der Waals surface area contributed by atoms with Gasteiger partial charge in [0.05, 0.1) is 12.5 Å². The molecule has 1 aromatic rings. The zero-order valence-electron chi connectivity index (χ0n) is 13.2. The van der Waals surface area contributed by atoms with Crippen LogP contribution >= 0.6 is 12.4 Å². The van der Waals surface area contributed by atoms with Gasteiger partial charge in [-0.05, 0) is 31.9 Å². The van der Waals surface area contributed by atoms with E-state index in [-0.39, 0.29) is 36.7 Å². The highest BCUT2D eigenvalue weighted by molar-refractivity contribution is 5.85. The molecule has 1 rings (SSSR count). The largest absolute Gasteiger partial charge is 0.356 e. The van der Waals surface area contributed by atoms with Gasteiger partial charge in [0.25, 0.3) is 0 Å². The van der Waals surface area contributed by atoms with Crippen molar-refractivity contribution in [1.82, 2.24) is 10.6 Å². The molecule has 0 heterocycles. The van der Waals surface area contributed by atoms with Crippen molar-refractivity contribution in [3.8, 4) is 0 Å². The number of unbranched alkanes of at least 4 members (excludes halogenated alkanes) is 1. The van der Waals surface area contributed by atoms with Crippen molar-refractivity contribution in [2.45, 2.75) is 39.2 Å². The van der Waals surface area contributed by atoms with E-state index in [1.807, 2.05) is 31.2 Å². The molecule has 0 spiro atoms. The topological polar surface area (TPSA) is 84.2 Å². The van der Waals surface area contributed by atoms with Gasteiger partial charge in [-0.3, -0.25) is 9.59 Å². The molecule has 0 saturated carbocycles. The summed E-state index contributed by atoms with van der Waals surface area (Å²) in [5.74, 6) is -0.206. The number of benzene rings is 1. The normalized spacial score (nSPS) is 11.2. The summed E-state index contributed by atoms with van der Waals surface area (Å²) in [4.78, 5) is 23.3. The van der Waals surface area contributed by atoms with Crippen molar-refractivity contribution >= 4 is 24.2 Å². The standard InChI is InChI=1S/C16H25N3O2.ClH/c1-12-5-7-14(8-6-12)15(19-13(2)20)11-16(21)18-10-4-3-9-17;/h5-8,15H,3-4,9-11,17H2,1-2H3,(H,18,21)(H,19,20);1H. The summed E-state index contributed by atoms with van der Waals surface area (Å²) >= 11 is 0. The Labute approximate surface area is 138 Å². The second-order valence-electron chi connectivity index (χ2n) is 5.21. The van der Waals surface area contributed by atoms with E-state index in [9.17, 15) is 9.59 Å². The van der Waals surface area contributed by atoms with E-state index < -0.39 is 0 Å². The van der Waals surface area contributed by atoms with Gasteiger partial charge < -0.3 is 16.4 Å². The lowest BCUT2D eigenvalue weighted by atomic mass is 10.0. The summed E-state index contributed by atoms with van der Waals surface area (Å²) < 4.78 is 0. The molecule has 0 aliphatic carbocycles. The third kappa shape index (κ3) is 8.00. The predicted octanol–water partition coefficient (Wildman–Crippen LogP) is 1.84. The fourth-order valence-electron chi connectivity index (χ4n) is 2.05. The van der Waals surface area contributed by atoms with Crippen LogP contribution in [0.3, 0.4) is 0 Å². The summed E-state index contributed by atoms with van der Waals surface area (Å²) in [5.41, 5.74) is 7.49. The third-order valence-electron chi connectivity index (χ3n) is 3.20. The van der Waals surface area contributed by atoms with E-state index in [4.69, 9.17) is 5.73 Å². The molecule has 1 aromatic carbocycles. The van der Waals surface area contributed by atoms with Crippen molar-refractivity contribution < 1.29 is 9.59 Å². The van der Waals surface area contributed by atoms with Gasteiger partial charge in [0.2, 0.25) is 11.8 Å². The quantitative estimate of drug-likeness (QED) is 0.637. The lowest BCUT2D eigenvalue weighted by molar-refractivity contribution is -0.122. The fourth-order valence-corrected chi connectivity index (χ4v) is 2.05. The molecular formula is C16H26ClN3O2. The number of hydrogen-bond acceptors (Lipinski definition) is 3. The average Bonchev–Trinajstić information content (AvgIpc) is 2.43. The molecule has 0 aliphatic rings. The Morgan fingerprint density at radius 1 is 1.18 bits per heavy atom. The van der Waals surface area contributed by atoms with Gasteiger partial charge in [0, 0.05) is 13.5 Å². The first-order valence-electron chi connectivity index (χ1n) is 7.33. The summed E-state index contributed by atoms with van der Waals surface area (Å²) in [6.07, 6.45) is 2.01. The van der Waals surface area contributed by atoms with Crippen molar-refractivity contribution in [1.29, 1.82) is 0 Å². The summed E-state index contributed by atoms with van der Waals surface area (Å²) in [5, 5.41) is 5.68. The van der Waals surface area contributed by atoms with Crippen LogP contribution in [0, 0.1) is 6.92 Å². The molecule has 1 unspecified atom stereocenters. The van der Waals surface area contributed by atoms with Crippen LogP contribution in [0.25, 0.3) is 0 Å². The Hall–Kier alpha value is -1.59. The van der Waals surface area contributed by atoms with Crippen molar-refractivity contribution in [3.63, 3.8) is 0 Å². The van der Waals surface area contributed by atoms with Crippen LogP contribution in [0.1, 0.15) is 43.4 Å². The summed E-state index contributed by atoms with van der Waals surface area (Å²) in [6.45, 7) is 4.71. The highest BCUT2D eigenvalue weighted by Crippen LogP contribution is 2.17. The Morgan fingerprint density at radius 3 is 2.36 bits per heavy atom. The molecule has 0 radical (unpaired) electrons. The van der Waals surface area contributed by atoms with Crippen LogP contribution in [0.5, 0.6) is 0 Å². The third-order valence-corrected chi connectivity index (χ3v) is 3.20.